The van der Waals surface area contributed by atoms with Gasteiger partial charge in [0.25, 0.3) is 5.91 Å². The first kappa shape index (κ1) is 14.1. The summed E-state index contributed by atoms with van der Waals surface area (Å²) >= 11 is 0. The number of carbonyl (C=O) groups excluding carboxylic acids is 1. The molecule has 1 saturated heterocycles. The molecular formula is C16H22N4O. The molecule has 1 aromatic heterocycles. The Morgan fingerprint density at radius 2 is 2.00 bits per heavy atom. The quantitative estimate of drug-likeness (QED) is 0.909. The lowest BCUT2D eigenvalue weighted by molar-refractivity contribution is 0.0561. The molecule has 0 radical (unpaired) electrons. The minimum atomic E-state index is 0.0364. The summed E-state index contributed by atoms with van der Waals surface area (Å²) in [6.07, 6.45) is 2.01. The zero-order valence-electron chi connectivity index (χ0n) is 12.6. The second kappa shape index (κ2) is 5.85. The maximum atomic E-state index is 13.0. The van der Waals surface area contributed by atoms with Crippen LogP contribution in [-0.4, -0.2) is 46.2 Å². The Kier molecular flexibility index (Phi) is 3.92. The van der Waals surface area contributed by atoms with Crippen molar-refractivity contribution in [3.63, 3.8) is 0 Å². The summed E-state index contributed by atoms with van der Waals surface area (Å²) in [6.45, 7) is 6.11. The molecule has 21 heavy (non-hydrogen) atoms. The monoisotopic (exact) mass is 286 g/mol. The SMILES string of the molecule is CC(C)N(C(=O)c1n[nH]c2ccccc12)C1CCNCC1. The third-order valence-corrected chi connectivity index (χ3v) is 4.17. The molecule has 2 N–H and O–H groups in total. The summed E-state index contributed by atoms with van der Waals surface area (Å²) in [5.74, 6) is 0.0364. The van der Waals surface area contributed by atoms with Crippen LogP contribution in [0.2, 0.25) is 0 Å². The van der Waals surface area contributed by atoms with Crippen molar-refractivity contribution in [1.29, 1.82) is 0 Å². The number of nitrogens with zero attached hydrogens (tertiary/aromatic N) is 2. The highest BCUT2D eigenvalue weighted by molar-refractivity contribution is 6.04. The van der Waals surface area contributed by atoms with Crippen molar-refractivity contribution in [2.75, 3.05) is 13.1 Å². The largest absolute Gasteiger partial charge is 0.332 e. The van der Waals surface area contributed by atoms with Gasteiger partial charge in [-0.05, 0) is 45.8 Å². The van der Waals surface area contributed by atoms with Crippen molar-refractivity contribution < 1.29 is 4.79 Å². The van der Waals surface area contributed by atoms with Crippen molar-refractivity contribution in [2.24, 2.45) is 0 Å². The van der Waals surface area contributed by atoms with Crippen molar-refractivity contribution in [3.05, 3.63) is 30.0 Å². The molecule has 2 aromatic rings. The van der Waals surface area contributed by atoms with Gasteiger partial charge in [-0.2, -0.15) is 5.10 Å². The summed E-state index contributed by atoms with van der Waals surface area (Å²) in [6, 6.07) is 8.27. The van der Waals surface area contributed by atoms with E-state index in [2.05, 4.69) is 29.4 Å². The number of piperidine rings is 1. The molecule has 5 nitrogen and oxygen atoms in total. The van der Waals surface area contributed by atoms with Crippen LogP contribution in [0.1, 0.15) is 37.2 Å². The van der Waals surface area contributed by atoms with E-state index in [9.17, 15) is 4.79 Å². The number of nitrogens with one attached hydrogen (secondary N) is 2. The molecule has 0 unspecified atom stereocenters. The highest BCUT2D eigenvalue weighted by Crippen LogP contribution is 2.22. The van der Waals surface area contributed by atoms with Crippen molar-refractivity contribution in [1.82, 2.24) is 20.4 Å². The fraction of sp³-hybridized carbons (Fsp3) is 0.500. The smallest absolute Gasteiger partial charge is 0.275 e. The van der Waals surface area contributed by atoms with Crippen molar-refractivity contribution in [2.45, 2.75) is 38.8 Å². The van der Waals surface area contributed by atoms with Crippen LogP contribution >= 0.6 is 0 Å². The zero-order valence-corrected chi connectivity index (χ0v) is 12.6. The maximum Gasteiger partial charge on any atom is 0.275 e. The highest BCUT2D eigenvalue weighted by atomic mass is 16.2. The van der Waals surface area contributed by atoms with Gasteiger partial charge in [0.05, 0.1) is 5.52 Å². The fourth-order valence-electron chi connectivity index (χ4n) is 3.16. The molecule has 0 aliphatic carbocycles. The number of benzene rings is 1. The number of para-hydroxylation sites is 1. The van der Waals surface area contributed by atoms with Crippen LogP contribution in [0.3, 0.4) is 0 Å². The molecule has 1 amide bonds. The number of hydrogen-bond acceptors (Lipinski definition) is 3. The van der Waals surface area contributed by atoms with E-state index < -0.39 is 0 Å². The van der Waals surface area contributed by atoms with Gasteiger partial charge in [0.15, 0.2) is 5.69 Å². The maximum absolute atomic E-state index is 13.0. The van der Waals surface area contributed by atoms with Gasteiger partial charge < -0.3 is 10.2 Å². The molecule has 2 heterocycles. The number of aromatic amines is 1. The molecule has 1 aromatic carbocycles. The van der Waals surface area contributed by atoms with Gasteiger partial charge in [-0.1, -0.05) is 18.2 Å². The topological polar surface area (TPSA) is 61.0 Å². The number of fused-ring (bicyclic) bond motifs is 1. The van der Waals surface area contributed by atoms with E-state index in [0.29, 0.717) is 11.7 Å². The number of aromatic nitrogens is 2. The van der Waals surface area contributed by atoms with Gasteiger partial charge in [-0.15, -0.1) is 0 Å². The Labute approximate surface area is 124 Å². The Morgan fingerprint density at radius 1 is 1.29 bits per heavy atom. The van der Waals surface area contributed by atoms with Crippen LogP contribution < -0.4 is 5.32 Å². The fourth-order valence-corrected chi connectivity index (χ4v) is 3.16. The van der Waals surface area contributed by atoms with E-state index in [1.165, 1.54) is 0 Å². The van der Waals surface area contributed by atoms with Crippen LogP contribution in [0, 0.1) is 0 Å². The zero-order chi connectivity index (χ0) is 14.8. The lowest BCUT2D eigenvalue weighted by Gasteiger charge is -2.37. The lowest BCUT2D eigenvalue weighted by atomic mass is 10.0. The highest BCUT2D eigenvalue weighted by Gasteiger charge is 2.30. The molecule has 3 rings (SSSR count). The number of rotatable bonds is 3. The Balaban J connectivity index is 1.93. The first-order valence-electron chi connectivity index (χ1n) is 7.65. The van der Waals surface area contributed by atoms with Gasteiger partial charge in [-0.25, -0.2) is 0 Å². The van der Waals surface area contributed by atoms with Crippen LogP contribution in [0.15, 0.2) is 24.3 Å². The number of hydrogen-bond donors (Lipinski definition) is 2. The predicted octanol–water partition coefficient (Wildman–Crippen LogP) is 2.17. The van der Waals surface area contributed by atoms with E-state index >= 15 is 0 Å². The Morgan fingerprint density at radius 3 is 2.71 bits per heavy atom. The van der Waals surface area contributed by atoms with Crippen molar-refractivity contribution in [3.8, 4) is 0 Å². The standard InChI is InChI=1S/C16H22N4O/c1-11(2)20(12-7-9-17-10-8-12)16(21)15-13-5-3-4-6-14(13)18-19-15/h3-6,11-12,17H,7-10H2,1-2H3,(H,18,19). The molecule has 0 spiro atoms. The van der Waals surface area contributed by atoms with Crippen LogP contribution in [0.5, 0.6) is 0 Å². The minimum absolute atomic E-state index is 0.0364. The normalized spacial score (nSPS) is 16.5. The first-order valence-corrected chi connectivity index (χ1v) is 7.65. The van der Waals surface area contributed by atoms with Crippen LogP contribution in [0.25, 0.3) is 10.9 Å². The van der Waals surface area contributed by atoms with Crippen molar-refractivity contribution >= 4 is 16.8 Å². The molecular weight excluding hydrogens is 264 g/mol. The number of carbonyl (C=O) groups is 1. The summed E-state index contributed by atoms with van der Waals surface area (Å²) < 4.78 is 0. The average Bonchev–Trinajstić information content (AvgIpc) is 2.92. The van der Waals surface area contributed by atoms with Gasteiger partial charge in [0.2, 0.25) is 0 Å². The number of H-pyrrole nitrogens is 1. The van der Waals surface area contributed by atoms with Gasteiger partial charge in [-0.3, -0.25) is 9.89 Å². The second-order valence-corrected chi connectivity index (χ2v) is 5.91. The molecule has 112 valence electrons. The molecule has 0 atom stereocenters. The third-order valence-electron chi connectivity index (χ3n) is 4.17. The van der Waals surface area contributed by atoms with Gasteiger partial charge in [0, 0.05) is 17.5 Å². The predicted molar refractivity (Wildman–Crippen MR) is 83.3 cm³/mol. The van der Waals surface area contributed by atoms with Crippen LogP contribution in [-0.2, 0) is 0 Å². The third kappa shape index (κ3) is 2.65. The molecule has 1 aliphatic heterocycles. The van der Waals surface area contributed by atoms with Gasteiger partial charge >= 0.3 is 0 Å². The average molecular weight is 286 g/mol. The first-order chi connectivity index (χ1) is 10.2. The van der Waals surface area contributed by atoms with E-state index in [1.807, 2.05) is 29.2 Å². The molecule has 0 saturated carbocycles. The summed E-state index contributed by atoms with van der Waals surface area (Å²) in [4.78, 5) is 15.0. The molecule has 0 bridgehead atoms. The van der Waals surface area contributed by atoms with E-state index in [1.54, 1.807) is 0 Å². The Bertz CT molecular complexity index is 628. The second-order valence-electron chi connectivity index (χ2n) is 5.91. The summed E-state index contributed by atoms with van der Waals surface area (Å²) in [5, 5.41) is 11.5. The summed E-state index contributed by atoms with van der Waals surface area (Å²) in [5.41, 5.74) is 1.45. The molecule has 1 aliphatic rings. The lowest BCUT2D eigenvalue weighted by Crippen LogP contribution is -2.49. The molecule has 1 fully saturated rings. The molecule has 5 heteroatoms. The van der Waals surface area contributed by atoms with E-state index in [4.69, 9.17) is 0 Å². The van der Waals surface area contributed by atoms with E-state index in [-0.39, 0.29) is 11.9 Å². The Hall–Kier alpha value is -1.88. The van der Waals surface area contributed by atoms with Gasteiger partial charge in [0.1, 0.15) is 0 Å². The summed E-state index contributed by atoms with van der Waals surface area (Å²) in [7, 11) is 0. The number of amides is 1. The van der Waals surface area contributed by atoms with Crippen LogP contribution in [0.4, 0.5) is 0 Å². The van der Waals surface area contributed by atoms with E-state index in [0.717, 1.165) is 36.8 Å². The minimum Gasteiger partial charge on any atom is -0.332 e.